The number of benzene rings is 2. The Balaban J connectivity index is 1.49. The fraction of sp³-hybridized carbons (Fsp3) is 0.414. The zero-order chi connectivity index (χ0) is 28.2. The summed E-state index contributed by atoms with van der Waals surface area (Å²) >= 11 is 0. The first-order valence-electron chi connectivity index (χ1n) is 13.0. The van der Waals surface area contributed by atoms with Gasteiger partial charge in [-0.1, -0.05) is 6.07 Å². The van der Waals surface area contributed by atoms with E-state index in [1.54, 1.807) is 6.21 Å². The minimum Gasteiger partial charge on any atom is -0.491 e. The van der Waals surface area contributed by atoms with Crippen LogP contribution < -0.4 is 29.4 Å². The molecule has 210 valence electrons. The number of hydrogen-bond donors (Lipinski definition) is 1. The first-order valence-corrected chi connectivity index (χ1v) is 13.0. The van der Waals surface area contributed by atoms with Crippen molar-refractivity contribution >= 4 is 23.8 Å². The van der Waals surface area contributed by atoms with Gasteiger partial charge in [0.25, 0.3) is 0 Å². The van der Waals surface area contributed by atoms with Gasteiger partial charge >= 0.3 is 0 Å². The first kappa shape index (κ1) is 29.5. The molecule has 0 saturated carbocycles. The third-order valence-corrected chi connectivity index (χ3v) is 5.68. The molecular formula is C29H40N6O4. The number of hydrogen-bond acceptors (Lipinski definition) is 10. The molecule has 0 amide bonds. The van der Waals surface area contributed by atoms with Crippen molar-refractivity contribution in [2.75, 3.05) is 76.5 Å². The predicted molar refractivity (Wildman–Crippen MR) is 157 cm³/mol. The molecule has 10 nitrogen and oxygen atoms in total. The molecule has 0 saturated heterocycles. The standard InChI is InChI=1S/C29H40N6O4/c1-8-37-26-18-23(20-30-33-27-19-28(34(4)5)32-29(31-27)35(6)7)10-12-25(26)39-16-14-36-13-15-38-24-11-9-21(2)22(3)17-24/h9-12,17-20H,8,13-16H2,1-7H3,(H,31,32,33)/b30-20-. The number of nitrogens with zero attached hydrogens (tertiary/aromatic N) is 5. The van der Waals surface area contributed by atoms with E-state index < -0.39 is 0 Å². The van der Waals surface area contributed by atoms with E-state index in [0.717, 1.165) is 17.1 Å². The summed E-state index contributed by atoms with van der Waals surface area (Å²) in [5.74, 6) is 4.12. The molecule has 1 aromatic heterocycles. The maximum Gasteiger partial charge on any atom is 0.228 e. The summed E-state index contributed by atoms with van der Waals surface area (Å²) in [6.07, 6.45) is 1.71. The Labute approximate surface area is 231 Å². The zero-order valence-electron chi connectivity index (χ0n) is 24.0. The SMILES string of the molecule is CCOc1cc(/C=N\Nc2cc(N(C)C)nc(N(C)C)n2)ccc1OCCOCCOc1ccc(C)c(C)c1. The molecule has 0 spiro atoms. The van der Waals surface area contributed by atoms with Gasteiger partial charge in [0, 0.05) is 34.3 Å². The average Bonchev–Trinajstić information content (AvgIpc) is 2.91. The molecular weight excluding hydrogens is 496 g/mol. The molecule has 0 atom stereocenters. The van der Waals surface area contributed by atoms with Gasteiger partial charge in [0.1, 0.15) is 24.8 Å². The van der Waals surface area contributed by atoms with E-state index in [4.69, 9.17) is 18.9 Å². The van der Waals surface area contributed by atoms with Gasteiger partial charge in [-0.2, -0.15) is 15.1 Å². The smallest absolute Gasteiger partial charge is 0.228 e. The van der Waals surface area contributed by atoms with Gasteiger partial charge in [0.15, 0.2) is 17.3 Å². The minimum absolute atomic E-state index is 0.398. The van der Waals surface area contributed by atoms with E-state index in [1.807, 2.05) is 81.3 Å². The van der Waals surface area contributed by atoms with Crippen LogP contribution >= 0.6 is 0 Å². The second kappa shape index (κ2) is 14.8. The third-order valence-electron chi connectivity index (χ3n) is 5.68. The van der Waals surface area contributed by atoms with Crippen LogP contribution in [-0.2, 0) is 4.74 Å². The number of ether oxygens (including phenoxy) is 4. The highest BCUT2D eigenvalue weighted by Crippen LogP contribution is 2.28. The van der Waals surface area contributed by atoms with Gasteiger partial charge in [0.05, 0.1) is 26.0 Å². The summed E-state index contributed by atoms with van der Waals surface area (Å²) in [4.78, 5) is 12.8. The highest BCUT2D eigenvalue weighted by atomic mass is 16.6. The topological polar surface area (TPSA) is 93.6 Å². The molecule has 0 aliphatic rings. The largest absolute Gasteiger partial charge is 0.491 e. The molecule has 0 aliphatic carbocycles. The van der Waals surface area contributed by atoms with Crippen molar-refractivity contribution in [1.29, 1.82) is 0 Å². The number of nitrogens with one attached hydrogen (secondary N) is 1. The van der Waals surface area contributed by atoms with Crippen LogP contribution in [0.1, 0.15) is 23.6 Å². The molecule has 39 heavy (non-hydrogen) atoms. The molecule has 1 heterocycles. The number of aromatic nitrogens is 2. The Morgan fingerprint density at radius 2 is 1.56 bits per heavy atom. The molecule has 10 heteroatoms. The van der Waals surface area contributed by atoms with E-state index in [0.29, 0.717) is 56.3 Å². The van der Waals surface area contributed by atoms with Crippen molar-refractivity contribution in [2.45, 2.75) is 20.8 Å². The summed E-state index contributed by atoms with van der Waals surface area (Å²) in [6, 6.07) is 13.6. The third kappa shape index (κ3) is 9.33. The van der Waals surface area contributed by atoms with E-state index >= 15 is 0 Å². The fourth-order valence-electron chi connectivity index (χ4n) is 3.41. The molecule has 0 radical (unpaired) electrons. The predicted octanol–water partition coefficient (Wildman–Crippen LogP) is 4.54. The Morgan fingerprint density at radius 1 is 0.795 bits per heavy atom. The van der Waals surface area contributed by atoms with Crippen LogP contribution in [0.15, 0.2) is 47.6 Å². The van der Waals surface area contributed by atoms with E-state index in [-0.39, 0.29) is 0 Å². The zero-order valence-corrected chi connectivity index (χ0v) is 24.0. The van der Waals surface area contributed by atoms with Gasteiger partial charge in [-0.05, 0) is 67.8 Å². The van der Waals surface area contributed by atoms with Crippen molar-refractivity contribution in [3.63, 3.8) is 0 Å². The van der Waals surface area contributed by atoms with Gasteiger partial charge in [0.2, 0.25) is 5.95 Å². The molecule has 0 unspecified atom stereocenters. The number of rotatable bonds is 15. The van der Waals surface area contributed by atoms with Crippen LogP contribution in [-0.4, -0.2) is 77.4 Å². The molecule has 3 aromatic rings. The van der Waals surface area contributed by atoms with E-state index in [9.17, 15) is 0 Å². The van der Waals surface area contributed by atoms with Crippen LogP contribution in [0.3, 0.4) is 0 Å². The highest BCUT2D eigenvalue weighted by Gasteiger charge is 2.09. The lowest BCUT2D eigenvalue weighted by molar-refractivity contribution is 0.0755. The molecule has 0 bridgehead atoms. The summed E-state index contributed by atoms with van der Waals surface area (Å²) in [5, 5.41) is 4.35. The second-order valence-electron chi connectivity index (χ2n) is 9.26. The van der Waals surface area contributed by atoms with Gasteiger partial charge in [-0.25, -0.2) is 0 Å². The van der Waals surface area contributed by atoms with Crippen molar-refractivity contribution < 1.29 is 18.9 Å². The van der Waals surface area contributed by atoms with Crippen LogP contribution in [0.25, 0.3) is 0 Å². The van der Waals surface area contributed by atoms with Crippen molar-refractivity contribution in [1.82, 2.24) is 9.97 Å². The monoisotopic (exact) mass is 536 g/mol. The van der Waals surface area contributed by atoms with Crippen molar-refractivity contribution in [3.8, 4) is 17.2 Å². The Bertz CT molecular complexity index is 1210. The lowest BCUT2D eigenvalue weighted by atomic mass is 10.1. The number of anilines is 3. The van der Waals surface area contributed by atoms with Crippen molar-refractivity contribution in [3.05, 3.63) is 59.2 Å². The van der Waals surface area contributed by atoms with E-state index in [2.05, 4.69) is 40.4 Å². The molecule has 1 N–H and O–H groups in total. The van der Waals surface area contributed by atoms with Gasteiger partial charge < -0.3 is 28.7 Å². The van der Waals surface area contributed by atoms with Crippen LogP contribution in [0.4, 0.5) is 17.6 Å². The van der Waals surface area contributed by atoms with Crippen LogP contribution in [0, 0.1) is 13.8 Å². The Hall–Kier alpha value is -4.05. The molecule has 2 aromatic carbocycles. The van der Waals surface area contributed by atoms with Crippen LogP contribution in [0.2, 0.25) is 0 Å². The molecule has 0 aliphatic heterocycles. The van der Waals surface area contributed by atoms with Gasteiger partial charge in [-0.3, -0.25) is 5.43 Å². The lowest BCUT2D eigenvalue weighted by Gasteiger charge is -2.17. The first-order chi connectivity index (χ1) is 18.8. The summed E-state index contributed by atoms with van der Waals surface area (Å²) < 4.78 is 23.1. The summed E-state index contributed by atoms with van der Waals surface area (Å²) in [7, 11) is 7.66. The number of hydrazone groups is 1. The Morgan fingerprint density at radius 3 is 2.26 bits per heavy atom. The summed E-state index contributed by atoms with van der Waals surface area (Å²) in [6.45, 7) is 8.41. The molecule has 0 fully saturated rings. The van der Waals surface area contributed by atoms with Crippen LogP contribution in [0.5, 0.6) is 17.2 Å². The number of aryl methyl sites for hydroxylation is 2. The normalized spacial score (nSPS) is 10.9. The lowest BCUT2D eigenvalue weighted by Crippen LogP contribution is -2.17. The minimum atomic E-state index is 0.398. The fourth-order valence-corrected chi connectivity index (χ4v) is 3.41. The maximum absolute atomic E-state index is 5.91. The summed E-state index contributed by atoms with van der Waals surface area (Å²) in [5.41, 5.74) is 6.30. The maximum atomic E-state index is 5.91. The quantitative estimate of drug-likeness (QED) is 0.171. The Kier molecular flexibility index (Phi) is 11.2. The van der Waals surface area contributed by atoms with Crippen molar-refractivity contribution in [2.24, 2.45) is 5.10 Å². The second-order valence-corrected chi connectivity index (χ2v) is 9.26. The molecule has 3 rings (SSSR count). The van der Waals surface area contributed by atoms with Gasteiger partial charge in [-0.15, -0.1) is 0 Å². The van der Waals surface area contributed by atoms with E-state index in [1.165, 1.54) is 11.1 Å². The average molecular weight is 537 g/mol. The highest BCUT2D eigenvalue weighted by molar-refractivity contribution is 5.81.